The lowest BCUT2D eigenvalue weighted by molar-refractivity contribution is -0.116. The van der Waals surface area contributed by atoms with Crippen LogP contribution in [0, 0.1) is 0 Å². The number of aromatic nitrogens is 2. The number of carbonyl (C=O) groups excluding carboxylic acids is 1. The minimum atomic E-state index is -0.0991. The molecule has 25 heavy (non-hydrogen) atoms. The third kappa shape index (κ3) is 3.43. The highest BCUT2D eigenvalue weighted by molar-refractivity contribution is 5.94. The Labute approximate surface area is 145 Å². The summed E-state index contributed by atoms with van der Waals surface area (Å²) in [6, 6.07) is 24.0. The van der Waals surface area contributed by atoms with Crippen LogP contribution in [-0.2, 0) is 11.3 Å². The van der Waals surface area contributed by atoms with Crippen LogP contribution < -0.4 is 5.32 Å². The molecule has 1 aromatic heterocycles. The molecule has 0 saturated carbocycles. The normalized spacial score (nSPS) is 10.7. The van der Waals surface area contributed by atoms with Crippen molar-refractivity contribution in [2.24, 2.45) is 0 Å². The van der Waals surface area contributed by atoms with E-state index in [1.807, 2.05) is 72.9 Å². The summed E-state index contributed by atoms with van der Waals surface area (Å²) >= 11 is 0. The number of nitrogens with zero attached hydrogens (tertiary/aromatic N) is 2. The molecular weight excluding hydrogens is 310 g/mol. The average Bonchev–Trinajstić information content (AvgIpc) is 3.10. The lowest BCUT2D eigenvalue weighted by atomic mass is 10.1. The molecule has 4 aromatic rings. The second-order valence-corrected chi connectivity index (χ2v) is 5.90. The fraction of sp³-hybridized carbons (Fsp3) is 0.0476. The monoisotopic (exact) mass is 327 g/mol. The van der Waals surface area contributed by atoms with Gasteiger partial charge in [0, 0.05) is 17.4 Å². The Bertz CT molecular complexity index is 1020. The molecule has 4 nitrogen and oxygen atoms in total. The lowest BCUT2D eigenvalue weighted by Crippen LogP contribution is -2.18. The van der Waals surface area contributed by atoms with Crippen LogP contribution in [0.4, 0.5) is 5.69 Å². The zero-order chi connectivity index (χ0) is 17.1. The van der Waals surface area contributed by atoms with Gasteiger partial charge < -0.3 is 5.32 Å². The smallest absolute Gasteiger partial charge is 0.246 e. The molecule has 0 aliphatic heterocycles. The predicted octanol–water partition coefficient (Wildman–Crippen LogP) is 4.34. The maximum absolute atomic E-state index is 12.3. The van der Waals surface area contributed by atoms with Crippen molar-refractivity contribution >= 4 is 22.4 Å². The SMILES string of the molecule is O=C(Cn1cc(-c2ccccc2)cn1)Nc1ccc2ccccc2c1. The number of hydrogen-bond donors (Lipinski definition) is 1. The fourth-order valence-corrected chi connectivity index (χ4v) is 2.84. The Morgan fingerprint density at radius 2 is 1.64 bits per heavy atom. The molecule has 1 N–H and O–H groups in total. The number of benzene rings is 3. The molecule has 0 radical (unpaired) electrons. The van der Waals surface area contributed by atoms with Crippen molar-refractivity contribution in [3.63, 3.8) is 0 Å². The number of rotatable bonds is 4. The fourth-order valence-electron chi connectivity index (χ4n) is 2.84. The molecule has 0 bridgehead atoms. The molecule has 0 atom stereocenters. The molecule has 0 saturated heterocycles. The van der Waals surface area contributed by atoms with Gasteiger partial charge in [0.1, 0.15) is 6.54 Å². The van der Waals surface area contributed by atoms with Gasteiger partial charge >= 0.3 is 0 Å². The van der Waals surface area contributed by atoms with E-state index in [0.717, 1.165) is 27.6 Å². The minimum absolute atomic E-state index is 0.0991. The van der Waals surface area contributed by atoms with Gasteiger partial charge in [-0.15, -0.1) is 0 Å². The van der Waals surface area contributed by atoms with Crippen molar-refractivity contribution in [2.45, 2.75) is 6.54 Å². The molecule has 0 aliphatic carbocycles. The topological polar surface area (TPSA) is 46.9 Å². The van der Waals surface area contributed by atoms with Crippen molar-refractivity contribution in [1.82, 2.24) is 9.78 Å². The summed E-state index contributed by atoms with van der Waals surface area (Å²) in [5, 5.41) is 9.47. The maximum atomic E-state index is 12.3. The van der Waals surface area contributed by atoms with Crippen molar-refractivity contribution in [1.29, 1.82) is 0 Å². The summed E-state index contributed by atoms with van der Waals surface area (Å²) in [5.41, 5.74) is 2.88. The zero-order valence-electron chi connectivity index (χ0n) is 13.6. The first-order valence-electron chi connectivity index (χ1n) is 8.14. The minimum Gasteiger partial charge on any atom is -0.324 e. The third-order valence-corrected chi connectivity index (χ3v) is 4.08. The Morgan fingerprint density at radius 3 is 2.48 bits per heavy atom. The Kier molecular flexibility index (Phi) is 4.01. The number of nitrogens with one attached hydrogen (secondary N) is 1. The van der Waals surface area contributed by atoms with Gasteiger partial charge in [0.25, 0.3) is 0 Å². The van der Waals surface area contributed by atoms with Crippen molar-refractivity contribution in [3.05, 3.63) is 85.2 Å². The molecule has 3 aromatic carbocycles. The van der Waals surface area contributed by atoms with E-state index in [1.54, 1.807) is 10.9 Å². The summed E-state index contributed by atoms with van der Waals surface area (Å²) in [6.45, 7) is 0.180. The standard InChI is InChI=1S/C21H17N3O/c25-21(23-20-11-10-17-8-4-5-9-18(17)12-20)15-24-14-19(13-22-24)16-6-2-1-3-7-16/h1-14H,15H2,(H,23,25). The highest BCUT2D eigenvalue weighted by Gasteiger charge is 2.07. The lowest BCUT2D eigenvalue weighted by Gasteiger charge is -2.07. The summed E-state index contributed by atoms with van der Waals surface area (Å²) in [6.07, 6.45) is 3.66. The van der Waals surface area contributed by atoms with Crippen molar-refractivity contribution < 1.29 is 4.79 Å². The van der Waals surface area contributed by atoms with E-state index >= 15 is 0 Å². The molecule has 0 aliphatic rings. The highest BCUT2D eigenvalue weighted by Crippen LogP contribution is 2.19. The van der Waals surface area contributed by atoms with Crippen LogP contribution in [0.3, 0.4) is 0 Å². The Morgan fingerprint density at radius 1 is 0.880 bits per heavy atom. The van der Waals surface area contributed by atoms with Crippen LogP contribution in [-0.4, -0.2) is 15.7 Å². The van der Waals surface area contributed by atoms with E-state index in [1.165, 1.54) is 0 Å². The van der Waals surface area contributed by atoms with E-state index in [2.05, 4.69) is 16.5 Å². The quantitative estimate of drug-likeness (QED) is 0.606. The van der Waals surface area contributed by atoms with Gasteiger partial charge in [-0.25, -0.2) is 0 Å². The first-order chi connectivity index (χ1) is 12.3. The molecule has 122 valence electrons. The summed E-state index contributed by atoms with van der Waals surface area (Å²) in [7, 11) is 0. The van der Waals surface area contributed by atoms with Crippen LogP contribution in [0.5, 0.6) is 0 Å². The first-order valence-corrected chi connectivity index (χ1v) is 8.14. The first kappa shape index (κ1) is 15.1. The third-order valence-electron chi connectivity index (χ3n) is 4.08. The van der Waals surface area contributed by atoms with E-state index in [9.17, 15) is 4.79 Å². The largest absolute Gasteiger partial charge is 0.324 e. The van der Waals surface area contributed by atoms with Gasteiger partial charge in [-0.2, -0.15) is 5.10 Å². The average molecular weight is 327 g/mol. The zero-order valence-corrected chi connectivity index (χ0v) is 13.6. The van der Waals surface area contributed by atoms with Crippen molar-refractivity contribution in [3.8, 4) is 11.1 Å². The van der Waals surface area contributed by atoms with E-state index in [4.69, 9.17) is 0 Å². The molecule has 0 spiro atoms. The summed E-state index contributed by atoms with van der Waals surface area (Å²) in [4.78, 5) is 12.3. The summed E-state index contributed by atoms with van der Waals surface area (Å²) < 4.78 is 1.65. The van der Waals surface area contributed by atoms with Gasteiger partial charge in [-0.05, 0) is 28.5 Å². The molecule has 4 rings (SSSR count). The molecule has 1 amide bonds. The Balaban J connectivity index is 1.46. The highest BCUT2D eigenvalue weighted by atomic mass is 16.2. The number of carbonyl (C=O) groups is 1. The number of hydrogen-bond acceptors (Lipinski definition) is 2. The molecule has 4 heteroatoms. The van der Waals surface area contributed by atoms with E-state index in [-0.39, 0.29) is 12.5 Å². The predicted molar refractivity (Wildman–Crippen MR) is 100 cm³/mol. The van der Waals surface area contributed by atoms with Gasteiger partial charge in [-0.3, -0.25) is 9.48 Å². The second-order valence-electron chi connectivity index (χ2n) is 5.90. The van der Waals surface area contributed by atoms with Crippen LogP contribution in [0.15, 0.2) is 85.2 Å². The van der Waals surface area contributed by atoms with Crippen LogP contribution >= 0.6 is 0 Å². The number of anilines is 1. The van der Waals surface area contributed by atoms with E-state index < -0.39 is 0 Å². The van der Waals surface area contributed by atoms with Gasteiger partial charge in [0.15, 0.2) is 0 Å². The maximum Gasteiger partial charge on any atom is 0.246 e. The molecular formula is C21H17N3O. The number of amides is 1. The van der Waals surface area contributed by atoms with Gasteiger partial charge in [0.2, 0.25) is 5.91 Å². The van der Waals surface area contributed by atoms with Crippen LogP contribution in [0.1, 0.15) is 0 Å². The van der Waals surface area contributed by atoms with Crippen molar-refractivity contribution in [2.75, 3.05) is 5.32 Å². The van der Waals surface area contributed by atoms with E-state index in [0.29, 0.717) is 0 Å². The second kappa shape index (κ2) is 6.61. The molecule has 0 unspecified atom stereocenters. The van der Waals surface area contributed by atoms with Gasteiger partial charge in [0.05, 0.1) is 6.20 Å². The molecule has 1 heterocycles. The van der Waals surface area contributed by atoms with Crippen LogP contribution in [0.2, 0.25) is 0 Å². The number of fused-ring (bicyclic) bond motifs is 1. The van der Waals surface area contributed by atoms with Crippen LogP contribution in [0.25, 0.3) is 21.9 Å². The summed E-state index contributed by atoms with van der Waals surface area (Å²) in [5.74, 6) is -0.0991. The molecule has 0 fully saturated rings. The van der Waals surface area contributed by atoms with Gasteiger partial charge in [-0.1, -0.05) is 60.7 Å². The Hall–Kier alpha value is -3.40.